The van der Waals surface area contributed by atoms with Gasteiger partial charge in [0, 0.05) is 12.1 Å². The number of non-ortho nitro benzene ring substituents is 1. The predicted molar refractivity (Wildman–Crippen MR) is 82.2 cm³/mol. The minimum absolute atomic E-state index is 0.0808. The van der Waals surface area contributed by atoms with Crippen molar-refractivity contribution in [2.75, 3.05) is 0 Å². The molecule has 21 heavy (non-hydrogen) atoms. The van der Waals surface area contributed by atoms with Gasteiger partial charge >= 0.3 is 0 Å². The topological polar surface area (TPSA) is 63.4 Å². The molecular weight excluding hydrogens is 266 g/mol. The van der Waals surface area contributed by atoms with Gasteiger partial charge in [0.25, 0.3) is 5.69 Å². The first kappa shape index (κ1) is 15.2. The highest BCUT2D eigenvalue weighted by molar-refractivity contribution is 5.33. The Morgan fingerprint density at radius 3 is 2.29 bits per heavy atom. The highest BCUT2D eigenvalue weighted by Crippen LogP contribution is 2.15. The summed E-state index contributed by atoms with van der Waals surface area (Å²) in [5.41, 5.74) is 2.28. The number of aliphatic hydroxyl groups excluding tert-OH is 1. The van der Waals surface area contributed by atoms with Crippen LogP contribution < -0.4 is 0 Å². The molecule has 0 radical (unpaired) electrons. The van der Waals surface area contributed by atoms with Gasteiger partial charge in [0.05, 0.1) is 11.0 Å². The van der Waals surface area contributed by atoms with Crippen LogP contribution >= 0.6 is 0 Å². The maximum absolute atomic E-state index is 10.6. The van der Waals surface area contributed by atoms with Gasteiger partial charge in [0.2, 0.25) is 0 Å². The van der Waals surface area contributed by atoms with E-state index in [0.29, 0.717) is 6.42 Å². The SMILES string of the molecule is O=[N+]([O-])c1ccc(CC(O)CCCc2ccccc2)cc1. The molecule has 0 bridgehead atoms. The monoisotopic (exact) mass is 285 g/mol. The molecule has 0 aliphatic heterocycles. The summed E-state index contributed by atoms with van der Waals surface area (Å²) < 4.78 is 0. The van der Waals surface area contributed by atoms with Crippen LogP contribution in [0.4, 0.5) is 5.69 Å². The highest BCUT2D eigenvalue weighted by atomic mass is 16.6. The minimum Gasteiger partial charge on any atom is -0.393 e. The second kappa shape index (κ2) is 7.55. The summed E-state index contributed by atoms with van der Waals surface area (Å²) in [6.07, 6.45) is 2.74. The smallest absolute Gasteiger partial charge is 0.269 e. The van der Waals surface area contributed by atoms with E-state index in [9.17, 15) is 15.2 Å². The lowest BCUT2D eigenvalue weighted by atomic mass is 10.0. The Kier molecular flexibility index (Phi) is 5.46. The van der Waals surface area contributed by atoms with Crippen molar-refractivity contribution in [3.8, 4) is 0 Å². The van der Waals surface area contributed by atoms with Gasteiger partial charge in [0.15, 0.2) is 0 Å². The van der Waals surface area contributed by atoms with Gasteiger partial charge in [0.1, 0.15) is 0 Å². The summed E-state index contributed by atoms with van der Waals surface area (Å²) >= 11 is 0. The van der Waals surface area contributed by atoms with Crippen molar-refractivity contribution < 1.29 is 10.0 Å². The molecular formula is C17H19NO3. The summed E-state index contributed by atoms with van der Waals surface area (Å²) in [5, 5.41) is 20.6. The fourth-order valence-electron chi connectivity index (χ4n) is 2.31. The average Bonchev–Trinajstić information content (AvgIpc) is 2.49. The number of aryl methyl sites for hydroxylation is 1. The summed E-state index contributed by atoms with van der Waals surface area (Å²) in [6, 6.07) is 16.6. The van der Waals surface area contributed by atoms with Crippen LogP contribution in [0.1, 0.15) is 24.0 Å². The molecule has 0 heterocycles. The molecule has 0 saturated carbocycles. The Hall–Kier alpha value is -2.20. The molecule has 4 nitrogen and oxygen atoms in total. The molecule has 1 N–H and O–H groups in total. The van der Waals surface area contributed by atoms with Crippen molar-refractivity contribution >= 4 is 5.69 Å². The van der Waals surface area contributed by atoms with Gasteiger partial charge in [-0.05, 0) is 36.8 Å². The normalized spacial score (nSPS) is 12.0. The molecule has 0 spiro atoms. The van der Waals surface area contributed by atoms with Crippen molar-refractivity contribution in [1.82, 2.24) is 0 Å². The average molecular weight is 285 g/mol. The minimum atomic E-state index is -0.417. The summed E-state index contributed by atoms with van der Waals surface area (Å²) in [6.45, 7) is 0. The first-order chi connectivity index (χ1) is 10.1. The van der Waals surface area contributed by atoms with Crippen LogP contribution in [-0.4, -0.2) is 16.1 Å². The Morgan fingerprint density at radius 1 is 1.00 bits per heavy atom. The van der Waals surface area contributed by atoms with Crippen LogP contribution in [0.5, 0.6) is 0 Å². The van der Waals surface area contributed by atoms with E-state index in [4.69, 9.17) is 0 Å². The quantitative estimate of drug-likeness (QED) is 0.625. The predicted octanol–water partition coefficient (Wildman–Crippen LogP) is 3.52. The number of nitro benzene ring substituents is 1. The van der Waals surface area contributed by atoms with Crippen LogP contribution in [0, 0.1) is 10.1 Å². The number of aliphatic hydroxyl groups is 1. The zero-order chi connectivity index (χ0) is 15.1. The number of nitro groups is 1. The summed E-state index contributed by atoms with van der Waals surface area (Å²) in [4.78, 5) is 10.2. The summed E-state index contributed by atoms with van der Waals surface area (Å²) in [5.74, 6) is 0. The first-order valence-corrected chi connectivity index (χ1v) is 7.10. The second-order valence-electron chi connectivity index (χ2n) is 5.16. The molecule has 2 rings (SSSR count). The molecule has 0 fully saturated rings. The van der Waals surface area contributed by atoms with E-state index in [1.807, 2.05) is 18.2 Å². The summed E-state index contributed by atoms with van der Waals surface area (Å²) in [7, 11) is 0. The van der Waals surface area contributed by atoms with Crippen LogP contribution in [0.25, 0.3) is 0 Å². The number of nitrogens with zero attached hydrogens (tertiary/aromatic N) is 1. The number of hydrogen-bond acceptors (Lipinski definition) is 3. The van der Waals surface area contributed by atoms with Crippen molar-refractivity contribution in [3.63, 3.8) is 0 Å². The van der Waals surface area contributed by atoms with Crippen LogP contribution in [-0.2, 0) is 12.8 Å². The Labute approximate surface area is 124 Å². The van der Waals surface area contributed by atoms with Gasteiger partial charge in [-0.1, -0.05) is 42.5 Å². The van der Waals surface area contributed by atoms with Gasteiger partial charge in [-0.15, -0.1) is 0 Å². The third kappa shape index (κ3) is 5.00. The molecule has 2 aromatic carbocycles. The Morgan fingerprint density at radius 2 is 1.67 bits per heavy atom. The van der Waals surface area contributed by atoms with E-state index >= 15 is 0 Å². The standard InChI is InChI=1S/C17H19NO3/c19-17(8-4-7-14-5-2-1-3-6-14)13-15-9-11-16(12-10-15)18(20)21/h1-3,5-6,9-12,17,19H,4,7-8,13H2. The lowest BCUT2D eigenvalue weighted by molar-refractivity contribution is -0.384. The number of benzene rings is 2. The fourth-order valence-corrected chi connectivity index (χ4v) is 2.31. The molecule has 0 aliphatic carbocycles. The maximum atomic E-state index is 10.6. The largest absolute Gasteiger partial charge is 0.393 e. The molecule has 1 atom stereocenters. The zero-order valence-electron chi connectivity index (χ0n) is 11.8. The number of rotatable bonds is 7. The lowest BCUT2D eigenvalue weighted by Crippen LogP contribution is -2.10. The van der Waals surface area contributed by atoms with Crippen molar-refractivity contribution in [2.45, 2.75) is 31.8 Å². The van der Waals surface area contributed by atoms with Crippen LogP contribution in [0.2, 0.25) is 0 Å². The van der Waals surface area contributed by atoms with Gasteiger partial charge in [-0.3, -0.25) is 10.1 Å². The van der Waals surface area contributed by atoms with Crippen LogP contribution in [0.15, 0.2) is 54.6 Å². The molecule has 0 aliphatic rings. The maximum Gasteiger partial charge on any atom is 0.269 e. The molecule has 0 aromatic heterocycles. The lowest BCUT2D eigenvalue weighted by Gasteiger charge is -2.10. The Bertz CT molecular complexity index is 566. The van der Waals surface area contributed by atoms with Crippen molar-refractivity contribution in [1.29, 1.82) is 0 Å². The van der Waals surface area contributed by atoms with Crippen molar-refractivity contribution in [2.24, 2.45) is 0 Å². The molecule has 2 aromatic rings. The number of hydrogen-bond donors (Lipinski definition) is 1. The van der Waals surface area contributed by atoms with E-state index < -0.39 is 11.0 Å². The third-order valence-corrected chi connectivity index (χ3v) is 3.46. The van der Waals surface area contributed by atoms with E-state index in [1.165, 1.54) is 17.7 Å². The first-order valence-electron chi connectivity index (χ1n) is 7.10. The Balaban J connectivity index is 1.76. The zero-order valence-corrected chi connectivity index (χ0v) is 11.8. The molecule has 1 unspecified atom stereocenters. The van der Waals surface area contributed by atoms with Gasteiger partial charge < -0.3 is 5.11 Å². The van der Waals surface area contributed by atoms with E-state index in [0.717, 1.165) is 24.8 Å². The molecule has 0 amide bonds. The highest BCUT2D eigenvalue weighted by Gasteiger charge is 2.08. The molecule has 110 valence electrons. The van der Waals surface area contributed by atoms with Gasteiger partial charge in [-0.2, -0.15) is 0 Å². The van der Waals surface area contributed by atoms with E-state index in [-0.39, 0.29) is 5.69 Å². The van der Waals surface area contributed by atoms with E-state index in [1.54, 1.807) is 12.1 Å². The molecule has 0 saturated heterocycles. The third-order valence-electron chi connectivity index (χ3n) is 3.46. The fraction of sp³-hybridized carbons (Fsp3) is 0.294. The van der Waals surface area contributed by atoms with Crippen LogP contribution in [0.3, 0.4) is 0 Å². The van der Waals surface area contributed by atoms with Gasteiger partial charge in [-0.25, -0.2) is 0 Å². The van der Waals surface area contributed by atoms with E-state index in [2.05, 4.69) is 12.1 Å². The molecule has 4 heteroatoms. The second-order valence-corrected chi connectivity index (χ2v) is 5.16. The van der Waals surface area contributed by atoms with Crippen molar-refractivity contribution in [3.05, 3.63) is 75.8 Å².